The Kier molecular flexibility index (Phi) is 6.15. The average molecular weight is 391 g/mol. The highest BCUT2D eigenvalue weighted by molar-refractivity contribution is 5.80. The Bertz CT molecular complexity index is 917. The normalized spacial score (nSPS) is 20.7. The largest absolute Gasteiger partial charge is 0.459 e. The fourth-order valence-electron chi connectivity index (χ4n) is 4.09. The quantitative estimate of drug-likeness (QED) is 0.508. The third-order valence-corrected chi connectivity index (χ3v) is 5.71. The number of nitrogens with zero attached hydrogens (tertiary/aromatic N) is 2. The highest BCUT2D eigenvalue weighted by Gasteiger charge is 2.26. The van der Waals surface area contributed by atoms with Crippen LogP contribution in [0.15, 0.2) is 70.1 Å². The topological polar surface area (TPSA) is 52.8 Å². The van der Waals surface area contributed by atoms with Crippen molar-refractivity contribution in [2.75, 3.05) is 13.6 Å². The molecule has 0 bridgehead atoms. The summed E-state index contributed by atoms with van der Waals surface area (Å²) in [7, 11) is 1.82. The molecule has 5 heteroatoms. The Morgan fingerprint density at radius 1 is 1.14 bits per heavy atom. The van der Waals surface area contributed by atoms with Crippen LogP contribution < -0.4 is 10.6 Å². The number of nitrogens with one attached hydrogen (secondary N) is 2. The smallest absolute Gasteiger partial charge is 0.191 e. The van der Waals surface area contributed by atoms with E-state index in [0.717, 1.165) is 48.6 Å². The van der Waals surface area contributed by atoms with Gasteiger partial charge in [-0.2, -0.15) is 0 Å². The molecule has 152 valence electrons. The van der Waals surface area contributed by atoms with Crippen LogP contribution in [0, 0.1) is 0 Å². The molecule has 0 aliphatic carbocycles. The molecule has 3 aromatic rings. The van der Waals surface area contributed by atoms with Crippen molar-refractivity contribution >= 4 is 16.9 Å². The summed E-state index contributed by atoms with van der Waals surface area (Å²) in [6, 6.07) is 21.9. The van der Waals surface area contributed by atoms with Crippen LogP contribution in [0.1, 0.15) is 31.1 Å². The van der Waals surface area contributed by atoms with Gasteiger partial charge in [0.15, 0.2) is 5.96 Å². The molecule has 2 unspecified atom stereocenters. The molecule has 5 nitrogen and oxygen atoms in total. The Hall–Kier alpha value is -2.79. The summed E-state index contributed by atoms with van der Waals surface area (Å²) in [5, 5.41) is 8.12. The van der Waals surface area contributed by atoms with Crippen LogP contribution in [-0.4, -0.2) is 36.5 Å². The maximum atomic E-state index is 5.89. The number of guanidine groups is 1. The van der Waals surface area contributed by atoms with Crippen LogP contribution in [-0.2, 0) is 13.1 Å². The van der Waals surface area contributed by atoms with Gasteiger partial charge in [-0.25, -0.2) is 0 Å². The Balaban J connectivity index is 1.28. The summed E-state index contributed by atoms with van der Waals surface area (Å²) in [6.07, 6.45) is 2.22. The number of fused-ring (bicyclic) bond motifs is 1. The van der Waals surface area contributed by atoms with E-state index in [0.29, 0.717) is 18.6 Å². The van der Waals surface area contributed by atoms with Gasteiger partial charge in [-0.05, 0) is 37.5 Å². The van der Waals surface area contributed by atoms with E-state index in [-0.39, 0.29) is 0 Å². The zero-order valence-electron chi connectivity index (χ0n) is 17.3. The number of hydrogen-bond donors (Lipinski definition) is 2. The van der Waals surface area contributed by atoms with Crippen molar-refractivity contribution in [1.82, 2.24) is 15.5 Å². The van der Waals surface area contributed by atoms with E-state index in [1.54, 1.807) is 0 Å². The lowest BCUT2D eigenvalue weighted by atomic mass is 9.97. The molecule has 1 aromatic heterocycles. The molecule has 29 heavy (non-hydrogen) atoms. The molecule has 1 aliphatic heterocycles. The van der Waals surface area contributed by atoms with Crippen LogP contribution in [0.25, 0.3) is 11.0 Å². The second-order valence-corrected chi connectivity index (χ2v) is 7.85. The van der Waals surface area contributed by atoms with Crippen LogP contribution in [0.2, 0.25) is 0 Å². The molecule has 1 saturated heterocycles. The Morgan fingerprint density at radius 3 is 2.69 bits per heavy atom. The van der Waals surface area contributed by atoms with E-state index in [2.05, 4.69) is 69.9 Å². The van der Waals surface area contributed by atoms with Crippen molar-refractivity contribution in [3.8, 4) is 0 Å². The summed E-state index contributed by atoms with van der Waals surface area (Å²) in [6.45, 7) is 5.06. The minimum atomic E-state index is 0.430. The van der Waals surface area contributed by atoms with Crippen LogP contribution in [0.4, 0.5) is 0 Å². The number of hydrogen-bond acceptors (Lipinski definition) is 3. The number of para-hydroxylation sites is 1. The summed E-state index contributed by atoms with van der Waals surface area (Å²) in [5.74, 6) is 1.75. The van der Waals surface area contributed by atoms with E-state index in [1.807, 2.05) is 25.2 Å². The van der Waals surface area contributed by atoms with Gasteiger partial charge in [-0.15, -0.1) is 0 Å². The zero-order valence-corrected chi connectivity index (χ0v) is 17.3. The number of likely N-dealkylation sites (tertiary alicyclic amines) is 1. The fraction of sp³-hybridized carbons (Fsp3) is 0.375. The number of benzene rings is 2. The van der Waals surface area contributed by atoms with Crippen molar-refractivity contribution in [2.45, 2.75) is 44.9 Å². The first kappa shape index (κ1) is 19.5. The monoisotopic (exact) mass is 390 g/mol. The highest BCUT2D eigenvalue weighted by atomic mass is 16.3. The molecule has 0 amide bonds. The summed E-state index contributed by atoms with van der Waals surface area (Å²) >= 11 is 0. The van der Waals surface area contributed by atoms with Gasteiger partial charge in [0.2, 0.25) is 0 Å². The number of aliphatic imine (C=N–C) groups is 1. The third-order valence-electron chi connectivity index (χ3n) is 5.71. The highest BCUT2D eigenvalue weighted by Crippen LogP contribution is 2.20. The van der Waals surface area contributed by atoms with Crippen molar-refractivity contribution < 1.29 is 4.42 Å². The molecule has 4 rings (SSSR count). The molecule has 1 fully saturated rings. The standard InChI is InChI=1S/C24H30N4O/c1-18-14-21(12-13-28(18)17-19-8-4-3-5-9-19)27-24(25-2)26-16-22-15-20-10-6-7-11-23(20)29-22/h3-11,15,18,21H,12-14,16-17H2,1-2H3,(H2,25,26,27). The van der Waals surface area contributed by atoms with Crippen LogP contribution >= 0.6 is 0 Å². The van der Waals surface area contributed by atoms with Gasteiger partial charge in [0.25, 0.3) is 0 Å². The molecule has 1 aliphatic rings. The average Bonchev–Trinajstić information content (AvgIpc) is 3.17. The van der Waals surface area contributed by atoms with Crippen molar-refractivity contribution in [2.24, 2.45) is 4.99 Å². The molecule has 2 N–H and O–H groups in total. The lowest BCUT2D eigenvalue weighted by Crippen LogP contribution is -2.51. The van der Waals surface area contributed by atoms with E-state index in [4.69, 9.17) is 4.42 Å². The van der Waals surface area contributed by atoms with Gasteiger partial charge in [-0.1, -0.05) is 48.5 Å². The summed E-state index contributed by atoms with van der Waals surface area (Å²) < 4.78 is 5.89. The SMILES string of the molecule is CN=C(NCc1cc2ccccc2o1)NC1CCN(Cc2ccccc2)C(C)C1. The van der Waals surface area contributed by atoms with E-state index >= 15 is 0 Å². The fourth-order valence-corrected chi connectivity index (χ4v) is 4.09. The third kappa shape index (κ3) is 4.98. The van der Waals surface area contributed by atoms with Crippen molar-refractivity contribution in [3.63, 3.8) is 0 Å². The molecule has 2 heterocycles. The minimum absolute atomic E-state index is 0.430. The first-order valence-electron chi connectivity index (χ1n) is 10.4. The first-order valence-corrected chi connectivity index (χ1v) is 10.4. The van der Waals surface area contributed by atoms with Gasteiger partial charge in [0.05, 0.1) is 6.54 Å². The lowest BCUT2D eigenvalue weighted by molar-refractivity contribution is 0.134. The predicted molar refractivity (Wildman–Crippen MR) is 119 cm³/mol. The molecular formula is C24H30N4O. The number of rotatable bonds is 5. The molecule has 2 atom stereocenters. The maximum absolute atomic E-state index is 5.89. The zero-order chi connectivity index (χ0) is 20.1. The van der Waals surface area contributed by atoms with E-state index in [1.165, 1.54) is 5.56 Å². The first-order chi connectivity index (χ1) is 14.2. The van der Waals surface area contributed by atoms with Gasteiger partial charge in [0, 0.05) is 37.6 Å². The Labute approximate surface area is 172 Å². The molecular weight excluding hydrogens is 360 g/mol. The lowest BCUT2D eigenvalue weighted by Gasteiger charge is -2.38. The van der Waals surface area contributed by atoms with Crippen molar-refractivity contribution in [3.05, 3.63) is 72.0 Å². The van der Waals surface area contributed by atoms with Crippen LogP contribution in [0.5, 0.6) is 0 Å². The van der Waals surface area contributed by atoms with Gasteiger partial charge in [-0.3, -0.25) is 9.89 Å². The van der Waals surface area contributed by atoms with Gasteiger partial charge >= 0.3 is 0 Å². The van der Waals surface area contributed by atoms with Crippen LogP contribution in [0.3, 0.4) is 0 Å². The summed E-state index contributed by atoms with van der Waals surface area (Å²) in [5.41, 5.74) is 2.31. The molecule has 2 aromatic carbocycles. The molecule has 0 spiro atoms. The summed E-state index contributed by atoms with van der Waals surface area (Å²) in [4.78, 5) is 6.97. The van der Waals surface area contributed by atoms with Crippen molar-refractivity contribution in [1.29, 1.82) is 0 Å². The van der Waals surface area contributed by atoms with E-state index < -0.39 is 0 Å². The number of furan rings is 1. The second-order valence-electron chi connectivity index (χ2n) is 7.85. The second kappa shape index (κ2) is 9.14. The van der Waals surface area contributed by atoms with Gasteiger partial charge < -0.3 is 15.1 Å². The molecule has 0 radical (unpaired) electrons. The number of piperidine rings is 1. The molecule has 0 saturated carbocycles. The van der Waals surface area contributed by atoms with E-state index in [9.17, 15) is 0 Å². The minimum Gasteiger partial charge on any atom is -0.459 e. The predicted octanol–water partition coefficient (Wildman–Crippen LogP) is 4.15. The maximum Gasteiger partial charge on any atom is 0.191 e. The Morgan fingerprint density at radius 2 is 1.93 bits per heavy atom. The van der Waals surface area contributed by atoms with Gasteiger partial charge in [0.1, 0.15) is 11.3 Å².